The van der Waals surface area contributed by atoms with Crippen LogP contribution in [0.1, 0.15) is 25.6 Å². The molecule has 0 saturated heterocycles. The van der Waals surface area contributed by atoms with Gasteiger partial charge in [0.05, 0.1) is 5.75 Å². The van der Waals surface area contributed by atoms with E-state index in [2.05, 4.69) is 37.6 Å². The molecule has 86 valence electrons. The van der Waals surface area contributed by atoms with Crippen molar-refractivity contribution in [1.29, 1.82) is 0 Å². The summed E-state index contributed by atoms with van der Waals surface area (Å²) >= 11 is 1.54. The van der Waals surface area contributed by atoms with Gasteiger partial charge in [0, 0.05) is 6.54 Å². The smallest absolute Gasteiger partial charge is 0.183 e. The zero-order valence-corrected chi connectivity index (χ0v) is 9.81. The van der Waals surface area contributed by atoms with Crippen LogP contribution in [0.3, 0.4) is 0 Å². The maximum absolute atomic E-state index is 4.03. The number of hydrogen-bond acceptors (Lipinski definition) is 6. The predicted octanol–water partition coefficient (Wildman–Crippen LogP) is 0.884. The average molecular weight is 239 g/mol. The van der Waals surface area contributed by atoms with Crippen molar-refractivity contribution in [1.82, 2.24) is 35.4 Å². The summed E-state index contributed by atoms with van der Waals surface area (Å²) in [5.74, 6) is 1.57. The third-order valence-electron chi connectivity index (χ3n) is 2.06. The maximum atomic E-state index is 4.03. The molecular formula is C8H13N7S. The first-order chi connectivity index (χ1) is 7.90. The van der Waals surface area contributed by atoms with Crippen molar-refractivity contribution >= 4 is 11.8 Å². The highest BCUT2D eigenvalue weighted by Crippen LogP contribution is 2.16. The second-order valence-corrected chi connectivity index (χ2v) is 4.22. The average Bonchev–Trinajstić information content (AvgIpc) is 2.94. The number of tetrazole rings is 1. The summed E-state index contributed by atoms with van der Waals surface area (Å²) in [6.45, 7) is 3.02. The lowest BCUT2D eigenvalue weighted by atomic mass is 10.3. The number of hydrogen-bond donors (Lipinski definition) is 1. The van der Waals surface area contributed by atoms with E-state index in [1.807, 2.05) is 4.68 Å². The molecule has 0 radical (unpaired) electrons. The van der Waals surface area contributed by atoms with Crippen LogP contribution < -0.4 is 0 Å². The minimum atomic E-state index is 0.700. The summed E-state index contributed by atoms with van der Waals surface area (Å²) < 4.78 is 1.84. The van der Waals surface area contributed by atoms with Gasteiger partial charge in [0.15, 0.2) is 11.0 Å². The summed E-state index contributed by atoms with van der Waals surface area (Å²) in [5.41, 5.74) is 0. The Hall–Kier alpha value is -1.44. The lowest BCUT2D eigenvalue weighted by molar-refractivity contribution is 0.540. The Bertz CT molecular complexity index is 410. The summed E-state index contributed by atoms with van der Waals surface area (Å²) in [4.78, 5) is 4.03. The van der Waals surface area contributed by atoms with Crippen molar-refractivity contribution in [2.45, 2.75) is 37.2 Å². The molecule has 0 aliphatic carbocycles. The molecule has 0 amide bonds. The van der Waals surface area contributed by atoms with Gasteiger partial charge >= 0.3 is 0 Å². The zero-order chi connectivity index (χ0) is 11.2. The number of rotatable bonds is 6. The Balaban J connectivity index is 1.91. The molecular weight excluding hydrogens is 226 g/mol. The Kier molecular flexibility index (Phi) is 3.86. The number of nitrogens with one attached hydrogen (secondary N) is 1. The number of H-pyrrole nitrogens is 1. The largest absolute Gasteiger partial charge is 0.254 e. The molecule has 0 fully saturated rings. The first kappa shape index (κ1) is 11.1. The molecule has 2 rings (SSSR count). The maximum Gasteiger partial charge on any atom is 0.183 e. The topological polar surface area (TPSA) is 85.2 Å². The van der Waals surface area contributed by atoms with Gasteiger partial charge in [-0.15, -0.1) is 5.10 Å². The van der Waals surface area contributed by atoms with Crippen molar-refractivity contribution < 1.29 is 0 Å². The Morgan fingerprint density at radius 3 is 3.19 bits per heavy atom. The Morgan fingerprint density at radius 1 is 1.50 bits per heavy atom. The normalized spacial score (nSPS) is 10.8. The minimum absolute atomic E-state index is 0.700. The summed E-state index contributed by atoms with van der Waals surface area (Å²) in [6, 6.07) is 0. The highest BCUT2D eigenvalue weighted by molar-refractivity contribution is 7.98. The van der Waals surface area contributed by atoms with Crippen LogP contribution >= 0.6 is 11.8 Å². The van der Waals surface area contributed by atoms with Gasteiger partial charge in [-0.05, 0) is 16.8 Å². The Morgan fingerprint density at radius 2 is 2.44 bits per heavy atom. The lowest BCUT2D eigenvalue weighted by Crippen LogP contribution is -2.05. The number of nitrogens with zero attached hydrogens (tertiary/aromatic N) is 6. The van der Waals surface area contributed by atoms with Crippen LogP contribution in [-0.4, -0.2) is 35.4 Å². The van der Waals surface area contributed by atoms with Crippen LogP contribution in [0, 0.1) is 0 Å². The van der Waals surface area contributed by atoms with Crippen molar-refractivity contribution in [3.63, 3.8) is 0 Å². The fourth-order valence-corrected chi connectivity index (χ4v) is 1.92. The Labute approximate surface area is 97.0 Å². The van der Waals surface area contributed by atoms with E-state index in [0.717, 1.165) is 30.4 Å². The van der Waals surface area contributed by atoms with E-state index in [1.165, 1.54) is 18.1 Å². The highest BCUT2D eigenvalue weighted by Gasteiger charge is 2.07. The van der Waals surface area contributed by atoms with Gasteiger partial charge in [0.25, 0.3) is 0 Å². The van der Waals surface area contributed by atoms with E-state index in [1.54, 1.807) is 0 Å². The number of aromatic amines is 1. The summed E-state index contributed by atoms with van der Waals surface area (Å²) in [6.07, 6.45) is 3.71. The third-order valence-corrected chi connectivity index (χ3v) is 2.93. The molecule has 7 nitrogen and oxygen atoms in total. The molecule has 2 aromatic heterocycles. The van der Waals surface area contributed by atoms with Gasteiger partial charge in [-0.25, -0.2) is 9.67 Å². The second kappa shape index (κ2) is 5.59. The lowest BCUT2D eigenvalue weighted by Gasteiger charge is -2.01. The first-order valence-electron chi connectivity index (χ1n) is 5.13. The first-order valence-corrected chi connectivity index (χ1v) is 6.12. The van der Waals surface area contributed by atoms with E-state index >= 15 is 0 Å². The van der Waals surface area contributed by atoms with E-state index in [0.29, 0.717) is 5.75 Å². The van der Waals surface area contributed by atoms with Crippen molar-refractivity contribution in [2.24, 2.45) is 0 Å². The van der Waals surface area contributed by atoms with E-state index < -0.39 is 0 Å². The van der Waals surface area contributed by atoms with Gasteiger partial charge in [0.2, 0.25) is 0 Å². The SMILES string of the molecule is CCCCn1nnnc1CSc1ncn[nH]1. The molecule has 0 spiro atoms. The molecule has 0 aromatic carbocycles. The van der Waals surface area contributed by atoms with Gasteiger partial charge in [-0.3, -0.25) is 5.10 Å². The van der Waals surface area contributed by atoms with Crippen molar-refractivity contribution in [3.8, 4) is 0 Å². The fraction of sp³-hybridized carbons (Fsp3) is 0.625. The van der Waals surface area contributed by atoms with Gasteiger partial charge in [0.1, 0.15) is 6.33 Å². The van der Waals surface area contributed by atoms with Crippen LogP contribution in [0.25, 0.3) is 0 Å². The molecule has 2 heterocycles. The molecule has 0 aliphatic rings. The van der Waals surface area contributed by atoms with Crippen LogP contribution in [0.2, 0.25) is 0 Å². The van der Waals surface area contributed by atoms with Crippen LogP contribution in [0.5, 0.6) is 0 Å². The summed E-state index contributed by atoms with van der Waals surface area (Å²) in [7, 11) is 0. The van der Waals surface area contributed by atoms with Gasteiger partial charge in [-0.1, -0.05) is 25.1 Å². The van der Waals surface area contributed by atoms with Gasteiger partial charge < -0.3 is 0 Å². The molecule has 1 N–H and O–H groups in total. The van der Waals surface area contributed by atoms with Crippen LogP contribution in [0.15, 0.2) is 11.5 Å². The second-order valence-electron chi connectivity index (χ2n) is 3.25. The quantitative estimate of drug-likeness (QED) is 0.753. The monoisotopic (exact) mass is 239 g/mol. The van der Waals surface area contributed by atoms with Crippen LogP contribution in [-0.2, 0) is 12.3 Å². The zero-order valence-electron chi connectivity index (χ0n) is 9.00. The van der Waals surface area contributed by atoms with E-state index in [4.69, 9.17) is 0 Å². The number of aromatic nitrogens is 7. The molecule has 0 saturated carbocycles. The number of unbranched alkanes of at least 4 members (excludes halogenated alkanes) is 1. The standard InChI is InChI=1S/C8H13N7S/c1-2-3-4-15-7(11-13-14-15)5-16-8-9-6-10-12-8/h6H,2-5H2,1H3,(H,9,10,12). The molecule has 2 aromatic rings. The molecule has 0 unspecified atom stereocenters. The highest BCUT2D eigenvalue weighted by atomic mass is 32.2. The molecule has 0 aliphatic heterocycles. The fourth-order valence-electron chi connectivity index (χ4n) is 1.20. The summed E-state index contributed by atoms with van der Waals surface area (Å²) in [5, 5.41) is 19.0. The van der Waals surface area contributed by atoms with E-state index in [9.17, 15) is 0 Å². The minimum Gasteiger partial charge on any atom is -0.254 e. The van der Waals surface area contributed by atoms with Crippen LogP contribution in [0.4, 0.5) is 0 Å². The molecule has 0 atom stereocenters. The third kappa shape index (κ3) is 2.78. The van der Waals surface area contributed by atoms with Gasteiger partial charge in [-0.2, -0.15) is 5.10 Å². The molecule has 8 heteroatoms. The van der Waals surface area contributed by atoms with E-state index in [-0.39, 0.29) is 0 Å². The molecule has 16 heavy (non-hydrogen) atoms. The predicted molar refractivity (Wildman–Crippen MR) is 58.7 cm³/mol. The van der Waals surface area contributed by atoms with Crippen molar-refractivity contribution in [3.05, 3.63) is 12.2 Å². The molecule has 0 bridgehead atoms. The number of aryl methyl sites for hydroxylation is 1. The number of thioether (sulfide) groups is 1. The van der Waals surface area contributed by atoms with Crippen molar-refractivity contribution in [2.75, 3.05) is 0 Å².